The number of hydrogen-bond acceptors (Lipinski definition) is 4. The molecule has 6 heteroatoms. The molecule has 1 atom stereocenters. The Kier molecular flexibility index (Phi) is 5.37. The Hall–Kier alpha value is -1.33. The van der Waals surface area contributed by atoms with Gasteiger partial charge in [0.2, 0.25) is 0 Å². The molecule has 2 heterocycles. The molecule has 1 aliphatic rings. The second-order valence-electron chi connectivity index (χ2n) is 4.28. The summed E-state index contributed by atoms with van der Waals surface area (Å²) in [5, 5.41) is 5.96. The largest absolute Gasteiger partial charge is 0.367 e. The average molecular weight is 271 g/mol. The van der Waals surface area contributed by atoms with E-state index < -0.39 is 0 Å². The van der Waals surface area contributed by atoms with Crippen LogP contribution in [0.1, 0.15) is 17.4 Å². The molecule has 1 amide bonds. The highest BCUT2D eigenvalue weighted by Gasteiger charge is 2.16. The van der Waals surface area contributed by atoms with E-state index in [-0.39, 0.29) is 18.3 Å². The third-order valence-electron chi connectivity index (χ3n) is 2.94. The van der Waals surface area contributed by atoms with Crippen molar-refractivity contribution >= 4 is 24.0 Å². The number of piperazine rings is 1. The molecule has 5 nitrogen and oxygen atoms in total. The molecule has 2 rings (SSSR count). The number of carbonyl (C=O) groups excluding carboxylic acids is 1. The van der Waals surface area contributed by atoms with E-state index in [9.17, 15) is 4.79 Å². The van der Waals surface area contributed by atoms with Gasteiger partial charge >= 0.3 is 0 Å². The van der Waals surface area contributed by atoms with Gasteiger partial charge in [0.25, 0.3) is 5.91 Å². The molecule has 0 aromatic carbocycles. The maximum atomic E-state index is 11.4. The van der Waals surface area contributed by atoms with Gasteiger partial charge in [-0.2, -0.15) is 0 Å². The van der Waals surface area contributed by atoms with E-state index in [0.29, 0.717) is 11.7 Å². The van der Waals surface area contributed by atoms with Crippen molar-refractivity contribution in [3.8, 4) is 0 Å². The fourth-order valence-electron chi connectivity index (χ4n) is 2.00. The van der Waals surface area contributed by atoms with Crippen LogP contribution in [0, 0.1) is 0 Å². The highest BCUT2D eigenvalue weighted by molar-refractivity contribution is 5.92. The van der Waals surface area contributed by atoms with Crippen LogP contribution in [0.15, 0.2) is 18.3 Å². The molecular formula is C12H19ClN4O. The monoisotopic (exact) mass is 270 g/mol. The van der Waals surface area contributed by atoms with Crippen molar-refractivity contribution in [3.05, 3.63) is 24.0 Å². The lowest BCUT2D eigenvalue weighted by Gasteiger charge is -2.33. The van der Waals surface area contributed by atoms with Crippen molar-refractivity contribution in [3.63, 3.8) is 0 Å². The summed E-state index contributed by atoms with van der Waals surface area (Å²) in [4.78, 5) is 17.8. The van der Waals surface area contributed by atoms with Crippen LogP contribution in [0.5, 0.6) is 0 Å². The summed E-state index contributed by atoms with van der Waals surface area (Å²) in [6.07, 6.45) is 1.77. The topological polar surface area (TPSA) is 57.3 Å². The minimum atomic E-state index is -0.148. The lowest BCUT2D eigenvalue weighted by atomic mass is 10.2. The SMILES string of the molecule is CNC(=O)c1ccc(N2CCN[C@@H](C)C2)cn1.Cl. The first-order valence-corrected chi connectivity index (χ1v) is 5.87. The summed E-state index contributed by atoms with van der Waals surface area (Å²) in [7, 11) is 1.61. The van der Waals surface area contributed by atoms with Gasteiger partial charge in [-0.3, -0.25) is 4.79 Å². The van der Waals surface area contributed by atoms with Crippen LogP contribution in [-0.4, -0.2) is 43.6 Å². The molecule has 0 bridgehead atoms. The van der Waals surface area contributed by atoms with E-state index in [1.165, 1.54) is 0 Å². The Morgan fingerprint density at radius 1 is 1.56 bits per heavy atom. The number of rotatable bonds is 2. The molecule has 1 aromatic rings. The third-order valence-corrected chi connectivity index (χ3v) is 2.94. The molecule has 0 radical (unpaired) electrons. The van der Waals surface area contributed by atoms with Gasteiger partial charge < -0.3 is 15.5 Å². The van der Waals surface area contributed by atoms with E-state index in [4.69, 9.17) is 0 Å². The van der Waals surface area contributed by atoms with Crippen molar-refractivity contribution in [2.24, 2.45) is 0 Å². The van der Waals surface area contributed by atoms with Gasteiger partial charge in [-0.25, -0.2) is 4.98 Å². The summed E-state index contributed by atoms with van der Waals surface area (Å²) in [5.41, 5.74) is 1.53. The van der Waals surface area contributed by atoms with Crippen LogP contribution in [0.3, 0.4) is 0 Å². The van der Waals surface area contributed by atoms with Crippen LogP contribution in [0.25, 0.3) is 0 Å². The molecule has 1 aliphatic heterocycles. The molecular weight excluding hydrogens is 252 g/mol. The van der Waals surface area contributed by atoms with E-state index >= 15 is 0 Å². The first kappa shape index (κ1) is 14.7. The van der Waals surface area contributed by atoms with Gasteiger partial charge in [0.05, 0.1) is 11.9 Å². The van der Waals surface area contributed by atoms with Crippen LogP contribution in [0.4, 0.5) is 5.69 Å². The van der Waals surface area contributed by atoms with Crippen molar-refractivity contribution in [1.29, 1.82) is 0 Å². The highest BCUT2D eigenvalue weighted by Crippen LogP contribution is 2.14. The van der Waals surface area contributed by atoms with Gasteiger partial charge in [-0.05, 0) is 19.1 Å². The molecule has 0 aliphatic carbocycles. The summed E-state index contributed by atoms with van der Waals surface area (Å²) in [6.45, 7) is 5.10. The summed E-state index contributed by atoms with van der Waals surface area (Å²) in [5.74, 6) is -0.148. The minimum absolute atomic E-state index is 0. The van der Waals surface area contributed by atoms with E-state index in [0.717, 1.165) is 25.3 Å². The standard InChI is InChI=1S/C12H18N4O.ClH/c1-9-8-16(6-5-14-9)10-3-4-11(15-7-10)12(17)13-2;/h3-4,7,9,14H,5-6,8H2,1-2H3,(H,13,17);1H/t9-;/m0./s1. The molecule has 1 saturated heterocycles. The number of halogens is 1. The number of aromatic nitrogens is 1. The molecule has 0 saturated carbocycles. The number of hydrogen-bond donors (Lipinski definition) is 2. The molecule has 2 N–H and O–H groups in total. The average Bonchev–Trinajstić information content (AvgIpc) is 2.38. The number of amides is 1. The number of anilines is 1. The van der Waals surface area contributed by atoms with Crippen molar-refractivity contribution in [1.82, 2.24) is 15.6 Å². The van der Waals surface area contributed by atoms with Crippen molar-refractivity contribution in [2.75, 3.05) is 31.6 Å². The molecule has 0 spiro atoms. The van der Waals surface area contributed by atoms with Gasteiger partial charge in [-0.15, -0.1) is 12.4 Å². The fourth-order valence-corrected chi connectivity index (χ4v) is 2.00. The lowest BCUT2D eigenvalue weighted by molar-refractivity contribution is 0.0958. The Morgan fingerprint density at radius 3 is 2.89 bits per heavy atom. The molecule has 1 aromatic heterocycles. The Balaban J connectivity index is 0.00000162. The minimum Gasteiger partial charge on any atom is -0.367 e. The summed E-state index contributed by atoms with van der Waals surface area (Å²) < 4.78 is 0. The number of nitrogens with zero attached hydrogens (tertiary/aromatic N) is 2. The van der Waals surface area contributed by atoms with Gasteiger partial charge in [0, 0.05) is 32.7 Å². The zero-order valence-corrected chi connectivity index (χ0v) is 11.5. The Labute approximate surface area is 113 Å². The maximum absolute atomic E-state index is 11.4. The van der Waals surface area contributed by atoms with E-state index in [1.54, 1.807) is 19.3 Å². The zero-order valence-electron chi connectivity index (χ0n) is 10.6. The van der Waals surface area contributed by atoms with Gasteiger partial charge in [0.1, 0.15) is 5.69 Å². The molecule has 0 unspecified atom stereocenters. The highest BCUT2D eigenvalue weighted by atomic mass is 35.5. The number of carbonyl (C=O) groups is 1. The number of pyridine rings is 1. The maximum Gasteiger partial charge on any atom is 0.269 e. The van der Waals surface area contributed by atoms with Crippen molar-refractivity contribution in [2.45, 2.75) is 13.0 Å². The lowest BCUT2D eigenvalue weighted by Crippen LogP contribution is -2.49. The second kappa shape index (κ2) is 6.56. The normalized spacial score (nSPS) is 19.0. The fraction of sp³-hybridized carbons (Fsp3) is 0.500. The Bertz CT molecular complexity index is 396. The second-order valence-corrected chi connectivity index (χ2v) is 4.28. The van der Waals surface area contributed by atoms with E-state index in [1.807, 2.05) is 6.07 Å². The van der Waals surface area contributed by atoms with E-state index in [2.05, 4.69) is 27.4 Å². The first-order valence-electron chi connectivity index (χ1n) is 5.87. The van der Waals surface area contributed by atoms with Crippen LogP contribution >= 0.6 is 12.4 Å². The first-order chi connectivity index (χ1) is 8.20. The third kappa shape index (κ3) is 3.34. The number of nitrogens with one attached hydrogen (secondary N) is 2. The smallest absolute Gasteiger partial charge is 0.269 e. The quantitative estimate of drug-likeness (QED) is 0.829. The molecule has 1 fully saturated rings. The van der Waals surface area contributed by atoms with Crippen LogP contribution < -0.4 is 15.5 Å². The van der Waals surface area contributed by atoms with Gasteiger partial charge in [-0.1, -0.05) is 0 Å². The zero-order chi connectivity index (χ0) is 12.3. The summed E-state index contributed by atoms with van der Waals surface area (Å²) in [6, 6.07) is 4.21. The van der Waals surface area contributed by atoms with Crippen LogP contribution in [-0.2, 0) is 0 Å². The van der Waals surface area contributed by atoms with Crippen molar-refractivity contribution < 1.29 is 4.79 Å². The molecule has 100 valence electrons. The van der Waals surface area contributed by atoms with Gasteiger partial charge in [0.15, 0.2) is 0 Å². The summed E-state index contributed by atoms with van der Waals surface area (Å²) >= 11 is 0. The van der Waals surface area contributed by atoms with Crippen LogP contribution in [0.2, 0.25) is 0 Å². The predicted molar refractivity (Wildman–Crippen MR) is 74.6 cm³/mol. The molecule has 18 heavy (non-hydrogen) atoms. The Morgan fingerprint density at radius 2 is 2.33 bits per heavy atom. The predicted octanol–water partition coefficient (Wildman–Crippen LogP) is 0.661.